The topological polar surface area (TPSA) is 120 Å². The third-order valence-electron chi connectivity index (χ3n) is 12.6. The van der Waals surface area contributed by atoms with Crippen LogP contribution >= 0.6 is 0 Å². The van der Waals surface area contributed by atoms with E-state index in [9.17, 15) is 24.9 Å². The van der Waals surface area contributed by atoms with Gasteiger partial charge in [0.15, 0.2) is 0 Å². The van der Waals surface area contributed by atoms with Gasteiger partial charge in [-0.1, -0.05) is 131 Å². The molecule has 2 heterocycles. The highest BCUT2D eigenvalue weighted by molar-refractivity contribution is 6.99. The summed E-state index contributed by atoms with van der Waals surface area (Å²) < 4.78 is 13.3. The van der Waals surface area contributed by atoms with Gasteiger partial charge in [-0.05, 0) is 88.0 Å². The van der Waals surface area contributed by atoms with Crippen molar-refractivity contribution in [1.82, 2.24) is 4.90 Å². The van der Waals surface area contributed by atoms with Crippen LogP contribution in [0, 0.1) is 17.8 Å². The number of carbonyl (C=O) groups excluding carboxylic acids is 2. The first-order chi connectivity index (χ1) is 27.6. The van der Waals surface area contributed by atoms with Crippen molar-refractivity contribution in [3.63, 3.8) is 0 Å². The number of aliphatic hydroxyl groups excluding tert-OH is 3. The summed E-state index contributed by atoms with van der Waals surface area (Å²) in [5.74, 6) is -1.40. The second-order valence-corrected chi connectivity index (χ2v) is 21.3. The van der Waals surface area contributed by atoms with Gasteiger partial charge in [-0.2, -0.15) is 0 Å². The van der Waals surface area contributed by atoms with E-state index in [4.69, 9.17) is 8.84 Å². The summed E-state index contributed by atoms with van der Waals surface area (Å²) in [5.41, 5.74) is 3.32. The normalized spacial score (nSPS) is 21.6. The molecule has 1 saturated heterocycles. The molecule has 1 aromatic heterocycles. The molecule has 57 heavy (non-hydrogen) atoms. The predicted octanol–water partition coefficient (Wildman–Crippen LogP) is 7.27. The van der Waals surface area contributed by atoms with Crippen LogP contribution in [0.5, 0.6) is 0 Å². The summed E-state index contributed by atoms with van der Waals surface area (Å²) in [7, 11) is -3.04. The van der Waals surface area contributed by atoms with E-state index in [1.54, 1.807) is 6.07 Å². The summed E-state index contributed by atoms with van der Waals surface area (Å²) in [6.07, 6.45) is 6.63. The van der Waals surface area contributed by atoms with E-state index in [0.717, 1.165) is 59.2 Å². The first-order valence-electron chi connectivity index (χ1n) is 20.7. The lowest BCUT2D eigenvalue weighted by Gasteiger charge is -2.44. The maximum Gasteiger partial charge on any atom is 0.261 e. The van der Waals surface area contributed by atoms with Gasteiger partial charge in [-0.25, -0.2) is 0 Å². The number of allylic oxidation sites excluding steroid dienone is 1. The number of benzene rings is 3. The SMILES string of the molecule is CC(C)(C)[Si](OCC1=C([C@H](O)CC/C(=C/c2ccc(CO)o2)c2ccccc2)[C@H](CO)[C@@H]2C(=O)N(C3CCCCC3)C(=O)[C@@H]2C1)(c1ccccc1)c1ccccc1. The molecule has 4 aromatic rings. The minimum Gasteiger partial charge on any atom is -0.459 e. The van der Waals surface area contributed by atoms with Gasteiger partial charge < -0.3 is 24.2 Å². The molecular formula is C48H57NO7Si. The number of imide groups is 1. The van der Waals surface area contributed by atoms with Gasteiger partial charge in [0, 0.05) is 12.0 Å². The minimum atomic E-state index is -3.04. The molecule has 2 amide bonds. The number of likely N-dealkylation sites (tertiary alicyclic amines) is 1. The van der Waals surface area contributed by atoms with Crippen molar-refractivity contribution in [2.24, 2.45) is 17.8 Å². The van der Waals surface area contributed by atoms with Crippen molar-refractivity contribution in [2.45, 2.75) is 95.9 Å². The van der Waals surface area contributed by atoms with Crippen molar-refractivity contribution in [3.05, 3.63) is 131 Å². The molecule has 0 unspecified atom stereocenters. The second-order valence-electron chi connectivity index (χ2n) is 17.0. The lowest BCUT2D eigenvalue weighted by atomic mass is 9.68. The molecule has 300 valence electrons. The van der Waals surface area contributed by atoms with Crippen molar-refractivity contribution in [2.75, 3.05) is 13.2 Å². The highest BCUT2D eigenvalue weighted by Gasteiger charge is 2.57. The molecule has 0 radical (unpaired) electrons. The van der Waals surface area contributed by atoms with E-state index in [0.29, 0.717) is 29.9 Å². The van der Waals surface area contributed by atoms with Crippen LogP contribution < -0.4 is 10.4 Å². The number of hydrogen-bond donors (Lipinski definition) is 3. The number of fused-ring (bicyclic) bond motifs is 1. The zero-order chi connectivity index (χ0) is 40.2. The third-order valence-corrected chi connectivity index (χ3v) is 17.6. The Kier molecular flexibility index (Phi) is 12.6. The molecule has 4 atom stereocenters. The molecule has 9 heteroatoms. The average Bonchev–Trinajstić information content (AvgIpc) is 3.80. The Bertz CT molecular complexity index is 2010. The largest absolute Gasteiger partial charge is 0.459 e. The molecule has 0 spiro atoms. The minimum absolute atomic E-state index is 0.125. The first kappa shape index (κ1) is 40.8. The van der Waals surface area contributed by atoms with Gasteiger partial charge >= 0.3 is 0 Å². The number of furan rings is 1. The second kappa shape index (κ2) is 17.6. The Morgan fingerprint density at radius 3 is 2.04 bits per heavy atom. The fourth-order valence-corrected chi connectivity index (χ4v) is 14.4. The van der Waals surface area contributed by atoms with Crippen LogP contribution in [0.2, 0.25) is 5.04 Å². The number of rotatable bonds is 14. The van der Waals surface area contributed by atoms with Crippen LogP contribution in [0.4, 0.5) is 0 Å². The zero-order valence-electron chi connectivity index (χ0n) is 33.5. The zero-order valence-corrected chi connectivity index (χ0v) is 34.5. The van der Waals surface area contributed by atoms with E-state index in [1.165, 1.54) is 4.90 Å². The maximum atomic E-state index is 14.4. The Labute approximate surface area is 338 Å². The van der Waals surface area contributed by atoms with Crippen molar-refractivity contribution < 1.29 is 33.8 Å². The van der Waals surface area contributed by atoms with Gasteiger partial charge in [-0.3, -0.25) is 14.5 Å². The van der Waals surface area contributed by atoms with Gasteiger partial charge in [0.1, 0.15) is 18.1 Å². The molecule has 3 aromatic carbocycles. The van der Waals surface area contributed by atoms with Crippen molar-refractivity contribution >= 4 is 42.2 Å². The third kappa shape index (κ3) is 8.18. The fraction of sp³-hybridized carbons (Fsp3) is 0.417. The standard InChI is InChI=1S/C48H57NO7Si/c1-48(2,3)57(39-20-12-6-13-21-39,40-22-14-7-15-23-40)55-32-35-29-41-45(47(54)49(46(41)53)36-18-10-5-11-19-36)42(31-51)44(35)43(52)27-24-34(33-16-8-4-9-17-33)28-37-25-26-38(30-50)56-37/h4,6-9,12-17,20-23,25-26,28,36,41-43,45,50-52H,5,10-11,18-19,24,27,29-32H2,1-3H3/b34-28-/t41-,42+,43-,45-/m1/s1. The molecule has 1 aliphatic heterocycles. The van der Waals surface area contributed by atoms with Gasteiger partial charge in [0.05, 0.1) is 31.2 Å². The monoisotopic (exact) mass is 787 g/mol. The Morgan fingerprint density at radius 2 is 1.47 bits per heavy atom. The predicted molar refractivity (Wildman–Crippen MR) is 226 cm³/mol. The van der Waals surface area contributed by atoms with Crippen molar-refractivity contribution in [1.29, 1.82) is 0 Å². The number of hydrogen-bond acceptors (Lipinski definition) is 7. The van der Waals surface area contributed by atoms with Crippen LogP contribution in [-0.2, 0) is 20.6 Å². The number of nitrogens with zero attached hydrogens (tertiary/aromatic N) is 1. The smallest absolute Gasteiger partial charge is 0.261 e. The highest BCUT2D eigenvalue weighted by Crippen LogP contribution is 2.48. The van der Waals surface area contributed by atoms with Crippen LogP contribution in [0.15, 0.2) is 119 Å². The molecule has 2 fully saturated rings. The van der Waals surface area contributed by atoms with Crippen LogP contribution in [0.3, 0.4) is 0 Å². The van der Waals surface area contributed by atoms with E-state index < -0.39 is 32.2 Å². The van der Waals surface area contributed by atoms with Gasteiger partial charge in [0.2, 0.25) is 11.8 Å². The van der Waals surface area contributed by atoms with Crippen molar-refractivity contribution in [3.8, 4) is 0 Å². The van der Waals surface area contributed by atoms with E-state index in [2.05, 4.69) is 45.0 Å². The molecule has 8 nitrogen and oxygen atoms in total. The van der Waals surface area contributed by atoms with E-state index in [-0.39, 0.29) is 49.1 Å². The summed E-state index contributed by atoms with van der Waals surface area (Å²) in [6, 6.07) is 34.1. The molecule has 1 saturated carbocycles. The Morgan fingerprint density at radius 1 is 0.860 bits per heavy atom. The van der Waals surface area contributed by atoms with Gasteiger partial charge in [0.25, 0.3) is 8.32 Å². The number of amides is 2. The van der Waals surface area contributed by atoms with Crippen LogP contribution in [-0.4, -0.2) is 65.7 Å². The van der Waals surface area contributed by atoms with Crippen LogP contribution in [0.1, 0.15) is 89.2 Å². The summed E-state index contributed by atoms with van der Waals surface area (Å²) in [6.45, 7) is 6.24. The van der Waals surface area contributed by atoms with E-state index >= 15 is 0 Å². The lowest BCUT2D eigenvalue weighted by molar-refractivity contribution is -0.143. The lowest BCUT2D eigenvalue weighted by Crippen LogP contribution is -2.66. The van der Waals surface area contributed by atoms with E-state index in [1.807, 2.05) is 78.9 Å². The summed E-state index contributed by atoms with van der Waals surface area (Å²) in [4.78, 5) is 30.3. The fourth-order valence-electron chi connectivity index (χ4n) is 9.90. The highest BCUT2D eigenvalue weighted by atomic mass is 28.4. The average molecular weight is 788 g/mol. The quantitative estimate of drug-likeness (QED) is 0.0699. The molecule has 3 aliphatic rings. The molecule has 2 aliphatic carbocycles. The summed E-state index contributed by atoms with van der Waals surface area (Å²) >= 11 is 0. The molecule has 3 N–H and O–H groups in total. The molecule has 0 bridgehead atoms. The van der Waals surface area contributed by atoms with Crippen LogP contribution in [0.25, 0.3) is 11.6 Å². The first-order valence-corrected chi connectivity index (χ1v) is 22.6. The Hall–Kier alpha value is -4.38. The van der Waals surface area contributed by atoms with Gasteiger partial charge in [-0.15, -0.1) is 0 Å². The summed E-state index contributed by atoms with van der Waals surface area (Å²) in [5, 5.41) is 35.3. The molecule has 7 rings (SSSR count). The number of aliphatic hydroxyl groups is 3. The Balaban J connectivity index is 1.29. The molecular weight excluding hydrogens is 731 g/mol. The number of carbonyl (C=O) groups is 2. The maximum absolute atomic E-state index is 14.4.